The Kier molecular flexibility index (Phi) is 4.59. The highest BCUT2D eigenvalue weighted by atomic mass is 16.1. The number of aryl methyl sites for hydroxylation is 1. The summed E-state index contributed by atoms with van der Waals surface area (Å²) in [5.41, 5.74) is 2.41. The van der Waals surface area contributed by atoms with Crippen LogP contribution in [-0.4, -0.2) is 18.5 Å². The number of nitrogens with one attached hydrogen (secondary N) is 2. The first-order valence-corrected chi connectivity index (χ1v) is 7.16. The maximum absolute atomic E-state index is 12.3. The molecule has 3 heteroatoms. The Bertz CT molecular complexity index is 427. The molecule has 0 saturated carbocycles. The fraction of sp³-hybridized carbons (Fsp3) is 0.562. The molecule has 1 fully saturated rings. The summed E-state index contributed by atoms with van der Waals surface area (Å²) in [6, 6.07) is 8.88. The van der Waals surface area contributed by atoms with Crippen LogP contribution in [0.25, 0.3) is 0 Å². The minimum absolute atomic E-state index is 0.0818. The number of carbonyl (C=O) groups is 1. The van der Waals surface area contributed by atoms with Crippen molar-refractivity contribution in [2.45, 2.75) is 45.7 Å². The van der Waals surface area contributed by atoms with Crippen LogP contribution in [0, 0.1) is 12.8 Å². The lowest BCUT2D eigenvalue weighted by atomic mass is 9.92. The van der Waals surface area contributed by atoms with E-state index in [2.05, 4.69) is 48.7 Å². The summed E-state index contributed by atoms with van der Waals surface area (Å²) in [5.74, 6) is 0.352. The monoisotopic (exact) mass is 260 g/mol. The molecule has 0 aliphatic carbocycles. The predicted molar refractivity (Wildman–Crippen MR) is 77.9 cm³/mol. The highest BCUT2D eigenvalue weighted by Crippen LogP contribution is 2.19. The van der Waals surface area contributed by atoms with E-state index < -0.39 is 0 Å². The van der Waals surface area contributed by atoms with Crippen LogP contribution in [0.4, 0.5) is 0 Å². The van der Waals surface area contributed by atoms with Crippen LogP contribution in [0.5, 0.6) is 0 Å². The minimum Gasteiger partial charge on any atom is -0.349 e. The van der Waals surface area contributed by atoms with Gasteiger partial charge in [-0.15, -0.1) is 0 Å². The van der Waals surface area contributed by atoms with E-state index in [1.807, 2.05) is 6.92 Å². The van der Waals surface area contributed by atoms with Crippen molar-refractivity contribution in [3.63, 3.8) is 0 Å². The number of hydrogen-bond acceptors (Lipinski definition) is 2. The first kappa shape index (κ1) is 14.1. The van der Waals surface area contributed by atoms with Crippen molar-refractivity contribution in [1.82, 2.24) is 10.6 Å². The average Bonchev–Trinajstić information content (AvgIpc) is 2.39. The van der Waals surface area contributed by atoms with Gasteiger partial charge in [-0.1, -0.05) is 29.8 Å². The van der Waals surface area contributed by atoms with Crippen LogP contribution in [0.3, 0.4) is 0 Å². The Morgan fingerprint density at radius 2 is 2.05 bits per heavy atom. The highest BCUT2D eigenvalue weighted by molar-refractivity contribution is 5.79. The molecule has 3 atom stereocenters. The van der Waals surface area contributed by atoms with Gasteiger partial charge in [-0.25, -0.2) is 0 Å². The van der Waals surface area contributed by atoms with Gasteiger partial charge in [0.2, 0.25) is 5.91 Å². The molecule has 1 amide bonds. The normalized spacial score (nSPS) is 24.8. The molecule has 0 aromatic heterocycles. The van der Waals surface area contributed by atoms with E-state index in [0.717, 1.165) is 19.4 Å². The van der Waals surface area contributed by atoms with Gasteiger partial charge in [-0.05, 0) is 45.7 Å². The number of amides is 1. The fourth-order valence-corrected chi connectivity index (χ4v) is 2.64. The van der Waals surface area contributed by atoms with Crippen molar-refractivity contribution in [3.8, 4) is 0 Å². The molecule has 0 spiro atoms. The molecule has 1 heterocycles. The predicted octanol–water partition coefficient (Wildman–Crippen LogP) is 2.56. The molecule has 0 bridgehead atoms. The van der Waals surface area contributed by atoms with E-state index in [0.29, 0.717) is 6.04 Å². The Morgan fingerprint density at radius 1 is 1.37 bits per heavy atom. The van der Waals surface area contributed by atoms with E-state index in [-0.39, 0.29) is 17.9 Å². The van der Waals surface area contributed by atoms with Crippen LogP contribution in [0.2, 0.25) is 0 Å². The molecule has 1 saturated heterocycles. The quantitative estimate of drug-likeness (QED) is 0.877. The smallest absolute Gasteiger partial charge is 0.223 e. The van der Waals surface area contributed by atoms with Gasteiger partial charge in [0, 0.05) is 12.0 Å². The topological polar surface area (TPSA) is 41.1 Å². The molecule has 1 aromatic carbocycles. The lowest BCUT2D eigenvalue weighted by Gasteiger charge is -2.28. The van der Waals surface area contributed by atoms with Crippen molar-refractivity contribution in [3.05, 3.63) is 35.4 Å². The Balaban J connectivity index is 1.92. The third-order valence-corrected chi connectivity index (χ3v) is 3.93. The van der Waals surface area contributed by atoms with Crippen molar-refractivity contribution >= 4 is 5.91 Å². The van der Waals surface area contributed by atoms with Crippen molar-refractivity contribution < 1.29 is 4.79 Å². The molecule has 104 valence electrons. The summed E-state index contributed by atoms with van der Waals surface area (Å²) < 4.78 is 0. The van der Waals surface area contributed by atoms with Gasteiger partial charge in [-0.2, -0.15) is 0 Å². The molecular formula is C16H24N2O. The molecule has 19 heavy (non-hydrogen) atoms. The summed E-state index contributed by atoms with van der Waals surface area (Å²) in [6.45, 7) is 7.21. The fourth-order valence-electron chi connectivity index (χ4n) is 2.64. The first-order valence-electron chi connectivity index (χ1n) is 7.16. The van der Waals surface area contributed by atoms with Gasteiger partial charge in [0.25, 0.3) is 0 Å². The van der Waals surface area contributed by atoms with Crippen LogP contribution in [-0.2, 0) is 4.79 Å². The zero-order chi connectivity index (χ0) is 13.8. The maximum atomic E-state index is 12.3. The lowest BCUT2D eigenvalue weighted by Crippen LogP contribution is -2.42. The number of piperidine rings is 1. The number of hydrogen-bond donors (Lipinski definition) is 2. The van der Waals surface area contributed by atoms with E-state index in [4.69, 9.17) is 0 Å². The molecular weight excluding hydrogens is 236 g/mol. The third-order valence-electron chi connectivity index (χ3n) is 3.93. The number of benzene rings is 1. The second kappa shape index (κ2) is 6.20. The van der Waals surface area contributed by atoms with Crippen molar-refractivity contribution in [1.29, 1.82) is 0 Å². The Hall–Kier alpha value is -1.35. The zero-order valence-corrected chi connectivity index (χ0v) is 12.1. The SMILES string of the molecule is Cc1ccc([C@H](C)NC(=O)C2CCNC(C)C2)cc1. The second-order valence-corrected chi connectivity index (χ2v) is 5.72. The van der Waals surface area contributed by atoms with Gasteiger partial charge >= 0.3 is 0 Å². The second-order valence-electron chi connectivity index (χ2n) is 5.72. The molecule has 3 nitrogen and oxygen atoms in total. The van der Waals surface area contributed by atoms with E-state index in [1.54, 1.807) is 0 Å². The lowest BCUT2D eigenvalue weighted by molar-refractivity contribution is -0.126. The molecule has 1 aliphatic heterocycles. The van der Waals surface area contributed by atoms with Gasteiger partial charge in [-0.3, -0.25) is 4.79 Å². The van der Waals surface area contributed by atoms with Crippen LogP contribution < -0.4 is 10.6 Å². The third kappa shape index (κ3) is 3.80. The van der Waals surface area contributed by atoms with Crippen molar-refractivity contribution in [2.75, 3.05) is 6.54 Å². The summed E-state index contributed by atoms with van der Waals surface area (Å²) in [6.07, 6.45) is 1.88. The summed E-state index contributed by atoms with van der Waals surface area (Å²) >= 11 is 0. The summed E-state index contributed by atoms with van der Waals surface area (Å²) in [7, 11) is 0. The number of carbonyl (C=O) groups excluding carboxylic acids is 1. The average molecular weight is 260 g/mol. The van der Waals surface area contributed by atoms with Gasteiger partial charge in [0.15, 0.2) is 0 Å². The summed E-state index contributed by atoms with van der Waals surface area (Å²) in [4.78, 5) is 12.3. The Morgan fingerprint density at radius 3 is 2.68 bits per heavy atom. The highest BCUT2D eigenvalue weighted by Gasteiger charge is 2.25. The molecule has 1 aromatic rings. The Labute approximate surface area is 115 Å². The molecule has 2 N–H and O–H groups in total. The first-order chi connectivity index (χ1) is 9.06. The molecule has 0 radical (unpaired) electrons. The zero-order valence-electron chi connectivity index (χ0n) is 12.1. The van der Waals surface area contributed by atoms with E-state index in [9.17, 15) is 4.79 Å². The van der Waals surface area contributed by atoms with E-state index >= 15 is 0 Å². The molecule has 1 aliphatic rings. The van der Waals surface area contributed by atoms with Crippen LogP contribution >= 0.6 is 0 Å². The van der Waals surface area contributed by atoms with Gasteiger partial charge in [0.1, 0.15) is 0 Å². The van der Waals surface area contributed by atoms with Gasteiger partial charge in [0.05, 0.1) is 6.04 Å². The van der Waals surface area contributed by atoms with E-state index in [1.165, 1.54) is 11.1 Å². The standard InChI is InChI=1S/C16H24N2O/c1-11-4-6-14(7-5-11)13(3)18-16(19)15-8-9-17-12(2)10-15/h4-7,12-13,15,17H,8-10H2,1-3H3,(H,18,19)/t12?,13-,15?/m0/s1. The minimum atomic E-state index is 0.0818. The van der Waals surface area contributed by atoms with Gasteiger partial charge < -0.3 is 10.6 Å². The summed E-state index contributed by atoms with van der Waals surface area (Å²) in [5, 5.41) is 6.52. The van der Waals surface area contributed by atoms with Crippen LogP contribution in [0.15, 0.2) is 24.3 Å². The maximum Gasteiger partial charge on any atom is 0.223 e. The molecule has 2 rings (SSSR count). The molecule has 2 unspecified atom stereocenters. The van der Waals surface area contributed by atoms with Crippen molar-refractivity contribution in [2.24, 2.45) is 5.92 Å². The van der Waals surface area contributed by atoms with Crippen LogP contribution in [0.1, 0.15) is 43.9 Å². The largest absolute Gasteiger partial charge is 0.349 e. The number of rotatable bonds is 3.